The van der Waals surface area contributed by atoms with Gasteiger partial charge < -0.3 is 14.9 Å². The van der Waals surface area contributed by atoms with Crippen LogP contribution in [0, 0.1) is 12.8 Å². The molecule has 0 spiro atoms. The molecule has 0 saturated heterocycles. The predicted octanol–water partition coefficient (Wildman–Crippen LogP) is 1.51. The Morgan fingerprint density at radius 3 is 2.82 bits per heavy atom. The smallest absolute Gasteiger partial charge is 0.290 e. The lowest BCUT2D eigenvalue weighted by Gasteiger charge is -2.29. The minimum atomic E-state index is -0.917. The van der Waals surface area contributed by atoms with E-state index in [4.69, 9.17) is 4.52 Å². The van der Waals surface area contributed by atoms with Gasteiger partial charge >= 0.3 is 0 Å². The fourth-order valence-corrected chi connectivity index (χ4v) is 1.43. The van der Waals surface area contributed by atoms with Gasteiger partial charge in [0.15, 0.2) is 0 Å². The molecule has 1 aromatic rings. The zero-order chi connectivity index (χ0) is 13.1. The van der Waals surface area contributed by atoms with E-state index in [0.717, 1.165) is 6.42 Å². The molecule has 1 heterocycles. The first kappa shape index (κ1) is 13.7. The fourth-order valence-electron chi connectivity index (χ4n) is 1.43. The van der Waals surface area contributed by atoms with Crippen LogP contribution >= 0.6 is 0 Å². The molecule has 0 fully saturated rings. The van der Waals surface area contributed by atoms with Gasteiger partial charge in [0.1, 0.15) is 0 Å². The van der Waals surface area contributed by atoms with Gasteiger partial charge in [-0.05, 0) is 19.8 Å². The van der Waals surface area contributed by atoms with Crippen molar-refractivity contribution in [1.29, 1.82) is 0 Å². The Balaban J connectivity index is 2.54. The van der Waals surface area contributed by atoms with E-state index in [1.165, 1.54) is 0 Å². The monoisotopic (exact) mass is 240 g/mol. The molecule has 1 amide bonds. The molecule has 2 atom stereocenters. The quantitative estimate of drug-likeness (QED) is 0.818. The summed E-state index contributed by atoms with van der Waals surface area (Å²) < 4.78 is 4.83. The van der Waals surface area contributed by atoms with E-state index in [-0.39, 0.29) is 24.1 Å². The highest BCUT2D eigenvalue weighted by atomic mass is 16.5. The number of nitrogens with one attached hydrogen (secondary N) is 1. The van der Waals surface area contributed by atoms with Gasteiger partial charge in [-0.2, -0.15) is 0 Å². The molecule has 5 nitrogen and oxygen atoms in total. The molecular formula is C12H20N2O3. The predicted molar refractivity (Wildman–Crippen MR) is 63.7 cm³/mol. The van der Waals surface area contributed by atoms with Gasteiger partial charge in [-0.15, -0.1) is 0 Å². The second-order valence-electron chi connectivity index (χ2n) is 4.68. The van der Waals surface area contributed by atoms with Crippen molar-refractivity contribution in [2.75, 3.05) is 6.54 Å². The topological polar surface area (TPSA) is 75.4 Å². The van der Waals surface area contributed by atoms with Crippen LogP contribution in [0.4, 0.5) is 0 Å². The zero-order valence-corrected chi connectivity index (χ0v) is 10.8. The van der Waals surface area contributed by atoms with Crippen LogP contribution in [0.1, 0.15) is 43.4 Å². The summed E-state index contributed by atoms with van der Waals surface area (Å²) in [6, 6.07) is 1.56. The standard InChI is InChI=1S/C12H20N2O3/c1-5-8(2)12(4,16)7-13-11(15)10-6-9(3)14-17-10/h6,8,16H,5,7H2,1-4H3,(H,13,15). The van der Waals surface area contributed by atoms with Crippen molar-refractivity contribution in [2.24, 2.45) is 5.92 Å². The van der Waals surface area contributed by atoms with Gasteiger partial charge in [0.2, 0.25) is 5.76 Å². The lowest BCUT2D eigenvalue weighted by atomic mass is 9.88. The highest BCUT2D eigenvalue weighted by Crippen LogP contribution is 2.18. The van der Waals surface area contributed by atoms with Crippen molar-refractivity contribution >= 4 is 5.91 Å². The Morgan fingerprint density at radius 1 is 1.71 bits per heavy atom. The molecule has 1 aromatic heterocycles. The molecule has 0 aliphatic heterocycles. The first-order chi connectivity index (χ1) is 7.86. The Kier molecular flexibility index (Phi) is 4.28. The number of aromatic nitrogens is 1. The van der Waals surface area contributed by atoms with Crippen molar-refractivity contribution in [2.45, 2.75) is 39.7 Å². The fraction of sp³-hybridized carbons (Fsp3) is 0.667. The van der Waals surface area contributed by atoms with E-state index in [1.54, 1.807) is 19.9 Å². The first-order valence-electron chi connectivity index (χ1n) is 5.80. The molecule has 96 valence electrons. The van der Waals surface area contributed by atoms with E-state index in [9.17, 15) is 9.90 Å². The second-order valence-corrected chi connectivity index (χ2v) is 4.68. The highest BCUT2D eigenvalue weighted by molar-refractivity contribution is 5.91. The van der Waals surface area contributed by atoms with Crippen molar-refractivity contribution in [1.82, 2.24) is 10.5 Å². The summed E-state index contributed by atoms with van der Waals surface area (Å²) in [5.41, 5.74) is -0.261. The van der Waals surface area contributed by atoms with E-state index in [0.29, 0.717) is 5.69 Å². The number of hydrogen-bond acceptors (Lipinski definition) is 4. The minimum absolute atomic E-state index is 0.110. The van der Waals surface area contributed by atoms with Crippen LogP contribution in [0.2, 0.25) is 0 Å². The molecule has 0 bridgehead atoms. The number of carbonyl (C=O) groups is 1. The van der Waals surface area contributed by atoms with Gasteiger partial charge in [-0.3, -0.25) is 4.79 Å². The summed E-state index contributed by atoms with van der Waals surface area (Å²) in [6.45, 7) is 7.61. The summed E-state index contributed by atoms with van der Waals surface area (Å²) in [5.74, 6) is -0.0732. The highest BCUT2D eigenvalue weighted by Gasteiger charge is 2.28. The van der Waals surface area contributed by atoms with Crippen LogP contribution in [0.25, 0.3) is 0 Å². The largest absolute Gasteiger partial charge is 0.388 e. The summed E-state index contributed by atoms with van der Waals surface area (Å²) in [5, 5.41) is 16.4. The lowest BCUT2D eigenvalue weighted by molar-refractivity contribution is 0.00562. The van der Waals surface area contributed by atoms with Gasteiger partial charge in [0, 0.05) is 12.6 Å². The maximum Gasteiger partial charge on any atom is 0.290 e. The van der Waals surface area contributed by atoms with E-state index < -0.39 is 5.60 Å². The van der Waals surface area contributed by atoms with Gasteiger partial charge in [0.25, 0.3) is 5.91 Å². The summed E-state index contributed by atoms with van der Waals surface area (Å²) in [7, 11) is 0. The normalized spacial score (nSPS) is 16.3. The van der Waals surface area contributed by atoms with Crippen LogP contribution in [-0.2, 0) is 0 Å². The molecule has 0 aliphatic carbocycles. The van der Waals surface area contributed by atoms with Crippen LogP contribution in [0.3, 0.4) is 0 Å². The summed E-state index contributed by atoms with van der Waals surface area (Å²) >= 11 is 0. The summed E-state index contributed by atoms with van der Waals surface area (Å²) in [6.07, 6.45) is 0.851. The van der Waals surface area contributed by atoms with Crippen LogP contribution in [0.5, 0.6) is 0 Å². The average Bonchev–Trinajstić information content (AvgIpc) is 2.71. The number of aryl methyl sites for hydroxylation is 1. The number of rotatable bonds is 5. The molecule has 17 heavy (non-hydrogen) atoms. The molecular weight excluding hydrogens is 220 g/mol. The average molecular weight is 240 g/mol. The molecule has 0 radical (unpaired) electrons. The minimum Gasteiger partial charge on any atom is -0.388 e. The second kappa shape index (κ2) is 5.31. The third-order valence-corrected chi connectivity index (χ3v) is 3.13. The van der Waals surface area contributed by atoms with Gasteiger partial charge in [0.05, 0.1) is 11.3 Å². The van der Waals surface area contributed by atoms with Gasteiger partial charge in [-0.25, -0.2) is 0 Å². The Bertz CT molecular complexity index is 385. The molecule has 2 unspecified atom stereocenters. The number of aliphatic hydroxyl groups is 1. The van der Waals surface area contributed by atoms with Crippen LogP contribution < -0.4 is 5.32 Å². The Hall–Kier alpha value is -1.36. The number of amides is 1. The first-order valence-corrected chi connectivity index (χ1v) is 5.80. The summed E-state index contributed by atoms with van der Waals surface area (Å²) in [4.78, 5) is 11.7. The van der Waals surface area contributed by atoms with Crippen molar-refractivity contribution in [3.8, 4) is 0 Å². The van der Waals surface area contributed by atoms with E-state index in [2.05, 4.69) is 10.5 Å². The molecule has 5 heteroatoms. The van der Waals surface area contributed by atoms with Crippen LogP contribution in [0.15, 0.2) is 10.6 Å². The number of carbonyl (C=O) groups excluding carboxylic acids is 1. The van der Waals surface area contributed by atoms with Gasteiger partial charge in [-0.1, -0.05) is 25.4 Å². The van der Waals surface area contributed by atoms with Crippen molar-refractivity contribution < 1.29 is 14.4 Å². The molecule has 0 saturated carbocycles. The Labute approximate surface area is 101 Å². The molecule has 2 N–H and O–H groups in total. The van der Waals surface area contributed by atoms with Crippen molar-refractivity contribution in [3.63, 3.8) is 0 Å². The molecule has 0 aromatic carbocycles. The van der Waals surface area contributed by atoms with Crippen molar-refractivity contribution in [3.05, 3.63) is 17.5 Å². The third kappa shape index (κ3) is 3.56. The maximum absolute atomic E-state index is 11.7. The van der Waals surface area contributed by atoms with Crippen LogP contribution in [-0.4, -0.2) is 28.3 Å². The number of hydrogen-bond donors (Lipinski definition) is 2. The number of nitrogens with zero attached hydrogens (tertiary/aromatic N) is 1. The van der Waals surface area contributed by atoms with E-state index >= 15 is 0 Å². The SMILES string of the molecule is CCC(C)C(C)(O)CNC(=O)c1cc(C)no1. The third-order valence-electron chi connectivity index (χ3n) is 3.13. The zero-order valence-electron chi connectivity index (χ0n) is 10.8. The Morgan fingerprint density at radius 2 is 2.35 bits per heavy atom. The lowest BCUT2D eigenvalue weighted by Crippen LogP contribution is -2.45. The molecule has 0 aliphatic rings. The maximum atomic E-state index is 11.7. The molecule has 1 rings (SSSR count). The van der Waals surface area contributed by atoms with E-state index in [1.807, 2.05) is 13.8 Å².